The molecule has 3 aliphatic heterocycles. The van der Waals surface area contributed by atoms with Crippen LogP contribution in [-0.4, -0.2) is 52.1 Å². The summed E-state index contributed by atoms with van der Waals surface area (Å²) in [4.78, 5) is 18.4. The first-order chi connectivity index (χ1) is 15.2. The van der Waals surface area contributed by atoms with Gasteiger partial charge in [0.05, 0.1) is 39.5 Å². The Kier molecular flexibility index (Phi) is 4.89. The maximum absolute atomic E-state index is 6.43. The van der Waals surface area contributed by atoms with Gasteiger partial charge in [-0.25, -0.2) is 4.98 Å². The van der Waals surface area contributed by atoms with Crippen LogP contribution in [0.1, 0.15) is 55.7 Å². The van der Waals surface area contributed by atoms with Gasteiger partial charge in [-0.2, -0.15) is 0 Å². The summed E-state index contributed by atoms with van der Waals surface area (Å²) < 4.78 is 0. The predicted molar refractivity (Wildman–Crippen MR) is 125 cm³/mol. The molecule has 2 aromatic heterocycles. The molecule has 1 aromatic carbocycles. The minimum Gasteiger partial charge on any atom is -0.367 e. The fraction of sp³-hybridized carbons (Fsp3) is 0.500. The van der Waals surface area contributed by atoms with Gasteiger partial charge in [-0.1, -0.05) is 17.7 Å². The second-order valence-corrected chi connectivity index (χ2v) is 9.73. The number of nitrogens with zero attached hydrogens (tertiary/aromatic N) is 4. The van der Waals surface area contributed by atoms with E-state index in [0.717, 1.165) is 54.4 Å². The molecule has 31 heavy (non-hydrogen) atoms. The minimum atomic E-state index is 0.161. The number of rotatable bonds is 3. The van der Waals surface area contributed by atoms with Crippen molar-refractivity contribution < 1.29 is 0 Å². The molecular formula is C24H29ClN6. The van der Waals surface area contributed by atoms with Crippen molar-refractivity contribution in [1.82, 2.24) is 25.2 Å². The monoisotopic (exact) mass is 436 g/mol. The summed E-state index contributed by atoms with van der Waals surface area (Å²) >= 11 is 6.43. The van der Waals surface area contributed by atoms with Gasteiger partial charge < -0.3 is 9.88 Å². The Labute approximate surface area is 188 Å². The number of fused-ring (bicyclic) bond motifs is 3. The van der Waals surface area contributed by atoms with Gasteiger partial charge in [-0.15, -0.1) is 0 Å². The quantitative estimate of drug-likeness (QED) is 0.635. The van der Waals surface area contributed by atoms with Gasteiger partial charge in [0, 0.05) is 31.4 Å². The number of pyridine rings is 1. The lowest BCUT2D eigenvalue weighted by molar-refractivity contribution is 0.212. The molecule has 0 amide bonds. The lowest BCUT2D eigenvalue weighted by Gasteiger charge is -2.40. The number of anilines is 1. The van der Waals surface area contributed by atoms with Crippen LogP contribution in [0.25, 0.3) is 11.0 Å². The number of likely N-dealkylation sites (N-methyl/N-ethyl adjacent to an activating group) is 1. The highest BCUT2D eigenvalue weighted by molar-refractivity contribution is 6.31. The molecule has 3 aromatic rings. The van der Waals surface area contributed by atoms with Gasteiger partial charge in [0.1, 0.15) is 5.82 Å². The maximum Gasteiger partial charge on any atom is 0.124 e. The van der Waals surface area contributed by atoms with Crippen molar-refractivity contribution in [3.05, 3.63) is 53.1 Å². The number of piperidine rings is 1. The van der Waals surface area contributed by atoms with Crippen LogP contribution in [0, 0.1) is 0 Å². The van der Waals surface area contributed by atoms with E-state index in [2.05, 4.69) is 50.3 Å². The number of para-hydroxylation sites is 1. The van der Waals surface area contributed by atoms with E-state index >= 15 is 0 Å². The van der Waals surface area contributed by atoms with Crippen LogP contribution in [0.3, 0.4) is 0 Å². The molecule has 6 rings (SSSR count). The Balaban J connectivity index is 1.29. The summed E-state index contributed by atoms with van der Waals surface area (Å²) in [5.41, 5.74) is 4.46. The highest BCUT2D eigenvalue weighted by Gasteiger charge is 2.38. The molecule has 3 saturated heterocycles. The van der Waals surface area contributed by atoms with Crippen LogP contribution < -0.4 is 10.2 Å². The van der Waals surface area contributed by atoms with Crippen LogP contribution >= 0.6 is 11.6 Å². The highest BCUT2D eigenvalue weighted by Crippen LogP contribution is 2.37. The van der Waals surface area contributed by atoms with Gasteiger partial charge >= 0.3 is 0 Å². The van der Waals surface area contributed by atoms with Crippen molar-refractivity contribution in [2.75, 3.05) is 25.0 Å². The zero-order chi connectivity index (χ0) is 20.9. The van der Waals surface area contributed by atoms with Crippen LogP contribution in [-0.2, 0) is 0 Å². The summed E-state index contributed by atoms with van der Waals surface area (Å²) in [6.07, 6.45) is 7.68. The number of aromatic amines is 1. The summed E-state index contributed by atoms with van der Waals surface area (Å²) in [6.45, 7) is 2.20. The van der Waals surface area contributed by atoms with E-state index in [9.17, 15) is 0 Å². The lowest BCUT2D eigenvalue weighted by atomic mass is 9.95. The topological polar surface area (TPSA) is 60.1 Å². The number of imidazole rings is 1. The molecule has 0 saturated carbocycles. The average molecular weight is 437 g/mol. The third-order valence-electron chi connectivity index (χ3n) is 7.54. The summed E-state index contributed by atoms with van der Waals surface area (Å²) in [6, 6.07) is 12.0. The molecule has 2 unspecified atom stereocenters. The van der Waals surface area contributed by atoms with E-state index in [4.69, 9.17) is 16.6 Å². The third kappa shape index (κ3) is 3.41. The molecule has 0 radical (unpaired) electrons. The molecule has 162 valence electrons. The fourth-order valence-electron chi connectivity index (χ4n) is 5.80. The molecule has 6 nitrogen and oxygen atoms in total. The van der Waals surface area contributed by atoms with Gasteiger partial charge in [-0.05, 0) is 63.4 Å². The lowest BCUT2D eigenvalue weighted by Crippen LogP contribution is -2.52. The van der Waals surface area contributed by atoms with Crippen molar-refractivity contribution in [2.24, 2.45) is 0 Å². The van der Waals surface area contributed by atoms with Crippen molar-refractivity contribution in [1.29, 1.82) is 0 Å². The fourth-order valence-corrected chi connectivity index (χ4v) is 6.05. The molecule has 5 heterocycles. The van der Waals surface area contributed by atoms with E-state index in [1.807, 2.05) is 18.3 Å². The molecule has 4 atom stereocenters. The molecule has 3 fully saturated rings. The third-order valence-corrected chi connectivity index (χ3v) is 7.86. The zero-order valence-electron chi connectivity index (χ0n) is 17.9. The molecule has 2 bridgehead atoms. The van der Waals surface area contributed by atoms with E-state index < -0.39 is 0 Å². The Bertz CT molecular complexity index is 1080. The standard InChI is InChI=1S/C24H29ClN6/c1-30-15-10-11-16(30)14-31(13-15)21-9-3-7-19-23(21)29-24(28-19)20-8-2-6-18(27-20)22-17(25)5-4-12-26-22/h3-5,7,9,12,15-16,18,20,27H,2,6,8,10-11,13-14H2,1H3,(H,28,29)/t15?,16?,18-,20+/m0/s1. The SMILES string of the molecule is CN1C2CCC1CN(c1cccc3nc([C@H]4CCC[C@@H](c5ncccc5Cl)N4)[nH]c13)C2. The highest BCUT2D eigenvalue weighted by atomic mass is 35.5. The first-order valence-corrected chi connectivity index (χ1v) is 11.9. The largest absolute Gasteiger partial charge is 0.367 e. The van der Waals surface area contributed by atoms with Crippen LogP contribution in [0.15, 0.2) is 36.5 Å². The van der Waals surface area contributed by atoms with Gasteiger partial charge in [0.25, 0.3) is 0 Å². The predicted octanol–water partition coefficient (Wildman–Crippen LogP) is 4.45. The summed E-state index contributed by atoms with van der Waals surface area (Å²) in [5.74, 6) is 1.02. The second-order valence-electron chi connectivity index (χ2n) is 9.32. The number of piperazine rings is 1. The Morgan fingerprint density at radius 1 is 1.00 bits per heavy atom. The number of aromatic nitrogens is 3. The molecule has 0 spiro atoms. The molecular weight excluding hydrogens is 408 g/mol. The van der Waals surface area contributed by atoms with Crippen LogP contribution in [0.4, 0.5) is 5.69 Å². The Hall–Kier alpha value is -2.15. The van der Waals surface area contributed by atoms with Gasteiger partial charge in [0.2, 0.25) is 0 Å². The van der Waals surface area contributed by atoms with Gasteiger partial charge in [0.15, 0.2) is 0 Å². The summed E-state index contributed by atoms with van der Waals surface area (Å²) in [5, 5.41) is 4.49. The first-order valence-electron chi connectivity index (χ1n) is 11.5. The number of halogens is 1. The van der Waals surface area contributed by atoms with Crippen molar-refractivity contribution in [2.45, 2.75) is 56.3 Å². The van der Waals surface area contributed by atoms with E-state index in [-0.39, 0.29) is 12.1 Å². The maximum atomic E-state index is 6.43. The average Bonchev–Trinajstić information content (AvgIpc) is 3.30. The van der Waals surface area contributed by atoms with Crippen molar-refractivity contribution in [3.63, 3.8) is 0 Å². The van der Waals surface area contributed by atoms with Crippen molar-refractivity contribution in [3.8, 4) is 0 Å². The van der Waals surface area contributed by atoms with E-state index in [1.54, 1.807) is 0 Å². The Morgan fingerprint density at radius 3 is 2.61 bits per heavy atom. The number of nitrogens with one attached hydrogen (secondary N) is 2. The zero-order valence-corrected chi connectivity index (χ0v) is 18.6. The molecule has 2 N–H and O–H groups in total. The van der Waals surface area contributed by atoms with Crippen molar-refractivity contribution >= 4 is 28.3 Å². The number of benzene rings is 1. The number of hydrogen-bond donors (Lipinski definition) is 2. The molecule has 0 aliphatic carbocycles. The summed E-state index contributed by atoms with van der Waals surface area (Å²) in [7, 11) is 2.29. The normalized spacial score (nSPS) is 29.0. The number of hydrogen-bond acceptors (Lipinski definition) is 5. The van der Waals surface area contributed by atoms with Crippen LogP contribution in [0.5, 0.6) is 0 Å². The minimum absolute atomic E-state index is 0.161. The second kappa shape index (κ2) is 7.76. The van der Waals surface area contributed by atoms with E-state index in [0.29, 0.717) is 12.1 Å². The first kappa shape index (κ1) is 19.5. The molecule has 3 aliphatic rings. The van der Waals surface area contributed by atoms with E-state index in [1.165, 1.54) is 24.0 Å². The number of H-pyrrole nitrogens is 1. The Morgan fingerprint density at radius 2 is 1.81 bits per heavy atom. The van der Waals surface area contributed by atoms with Crippen LogP contribution in [0.2, 0.25) is 5.02 Å². The smallest absolute Gasteiger partial charge is 0.124 e. The molecule has 7 heteroatoms. The van der Waals surface area contributed by atoms with Gasteiger partial charge in [-0.3, -0.25) is 15.2 Å².